The highest BCUT2D eigenvalue weighted by Crippen LogP contribution is 2.12. The number of amides is 1. The second kappa shape index (κ2) is 6.57. The van der Waals surface area contributed by atoms with Gasteiger partial charge in [-0.25, -0.2) is 9.78 Å². The smallest absolute Gasteiger partial charge is 0.264 e. The predicted octanol–water partition coefficient (Wildman–Crippen LogP) is 1.30. The van der Waals surface area contributed by atoms with Crippen LogP contribution >= 0.6 is 11.3 Å². The van der Waals surface area contributed by atoms with Gasteiger partial charge in [0.15, 0.2) is 5.82 Å². The summed E-state index contributed by atoms with van der Waals surface area (Å²) < 4.78 is 1.52. The number of thiophene rings is 1. The van der Waals surface area contributed by atoms with Gasteiger partial charge in [-0.05, 0) is 30.9 Å². The number of rotatable bonds is 5. The van der Waals surface area contributed by atoms with Crippen molar-refractivity contribution in [3.8, 4) is 5.82 Å². The molecule has 1 amide bonds. The molecule has 0 atom stereocenters. The van der Waals surface area contributed by atoms with Gasteiger partial charge >= 0.3 is 0 Å². The summed E-state index contributed by atoms with van der Waals surface area (Å²) in [7, 11) is 0. The molecule has 118 valence electrons. The molecule has 0 aromatic carbocycles. The van der Waals surface area contributed by atoms with Gasteiger partial charge in [0.1, 0.15) is 0 Å². The van der Waals surface area contributed by atoms with Gasteiger partial charge in [-0.3, -0.25) is 9.59 Å². The van der Waals surface area contributed by atoms with Gasteiger partial charge in [-0.15, -0.1) is 11.3 Å². The lowest BCUT2D eigenvalue weighted by atomic mass is 10.2. The highest BCUT2D eigenvalue weighted by molar-refractivity contribution is 7.09. The average molecular weight is 329 g/mol. The summed E-state index contributed by atoms with van der Waals surface area (Å²) in [6, 6.07) is 6.96. The molecule has 3 aromatic heterocycles. The summed E-state index contributed by atoms with van der Waals surface area (Å²) in [4.78, 5) is 24.5. The van der Waals surface area contributed by atoms with Crippen molar-refractivity contribution in [3.05, 3.63) is 62.3 Å². The Balaban J connectivity index is 1.69. The topological polar surface area (TPSA) is 92.7 Å². The first kappa shape index (κ1) is 15.2. The molecule has 0 radical (unpaired) electrons. The molecule has 0 unspecified atom stereocenters. The summed E-state index contributed by atoms with van der Waals surface area (Å²) in [5, 5.41) is 15.3. The van der Waals surface area contributed by atoms with Gasteiger partial charge < -0.3 is 5.32 Å². The van der Waals surface area contributed by atoms with E-state index in [1.54, 1.807) is 24.3 Å². The van der Waals surface area contributed by atoms with Crippen LogP contribution in [0.25, 0.3) is 5.82 Å². The maximum atomic E-state index is 12.3. The minimum atomic E-state index is -0.287. The number of nitrogens with one attached hydrogen (secondary N) is 2. The third kappa shape index (κ3) is 3.37. The highest BCUT2D eigenvalue weighted by Gasteiger charge is 2.15. The second-order valence-electron chi connectivity index (χ2n) is 4.92. The van der Waals surface area contributed by atoms with E-state index < -0.39 is 0 Å². The molecule has 2 N–H and O–H groups in total. The van der Waals surface area contributed by atoms with Gasteiger partial charge in [0.25, 0.3) is 11.5 Å². The van der Waals surface area contributed by atoms with Gasteiger partial charge in [0.05, 0.1) is 17.5 Å². The number of hydrogen-bond donors (Lipinski definition) is 2. The molecular weight excluding hydrogens is 314 g/mol. The standard InChI is InChI=1S/C15H15N5O2S/c1-10-12(15(22)16-7-6-11-3-2-8-23-11)9-17-20(10)13-4-5-14(21)19-18-13/h2-5,8-9H,6-7H2,1H3,(H,16,22)(H,19,21). The van der Waals surface area contributed by atoms with Crippen molar-refractivity contribution in [1.82, 2.24) is 25.3 Å². The lowest BCUT2D eigenvalue weighted by Crippen LogP contribution is -2.26. The number of hydrogen-bond acceptors (Lipinski definition) is 5. The lowest BCUT2D eigenvalue weighted by molar-refractivity contribution is 0.0953. The number of aromatic nitrogens is 4. The van der Waals surface area contributed by atoms with E-state index >= 15 is 0 Å². The summed E-state index contributed by atoms with van der Waals surface area (Å²) in [6.07, 6.45) is 2.31. The number of H-pyrrole nitrogens is 1. The Labute approximate surface area is 136 Å². The highest BCUT2D eigenvalue weighted by atomic mass is 32.1. The molecule has 3 aromatic rings. The van der Waals surface area contributed by atoms with E-state index in [0.717, 1.165) is 6.42 Å². The van der Waals surface area contributed by atoms with Gasteiger partial charge in [-0.2, -0.15) is 10.2 Å². The zero-order valence-electron chi connectivity index (χ0n) is 12.4. The fourth-order valence-corrected chi connectivity index (χ4v) is 2.88. The molecule has 0 bridgehead atoms. The van der Waals surface area contributed by atoms with Crippen molar-refractivity contribution in [3.63, 3.8) is 0 Å². The van der Waals surface area contributed by atoms with Crippen LogP contribution in [0, 0.1) is 6.92 Å². The zero-order chi connectivity index (χ0) is 16.2. The lowest BCUT2D eigenvalue weighted by Gasteiger charge is -2.05. The monoisotopic (exact) mass is 329 g/mol. The number of nitrogens with zero attached hydrogens (tertiary/aromatic N) is 3. The maximum Gasteiger partial charge on any atom is 0.264 e. The van der Waals surface area contributed by atoms with Crippen LogP contribution in [0.2, 0.25) is 0 Å². The van der Waals surface area contributed by atoms with E-state index in [0.29, 0.717) is 23.6 Å². The minimum absolute atomic E-state index is 0.172. The third-order valence-electron chi connectivity index (χ3n) is 3.37. The number of aromatic amines is 1. The predicted molar refractivity (Wildman–Crippen MR) is 87.1 cm³/mol. The molecule has 0 aliphatic rings. The van der Waals surface area contributed by atoms with Crippen molar-refractivity contribution < 1.29 is 4.79 Å². The summed E-state index contributed by atoms with van der Waals surface area (Å²) in [6.45, 7) is 2.36. The molecule has 7 nitrogen and oxygen atoms in total. The molecule has 0 spiro atoms. The minimum Gasteiger partial charge on any atom is -0.352 e. The Kier molecular flexibility index (Phi) is 4.33. The molecular formula is C15H15N5O2S. The van der Waals surface area contributed by atoms with Crippen molar-refractivity contribution in [2.24, 2.45) is 0 Å². The summed E-state index contributed by atoms with van der Waals surface area (Å²) in [5.74, 6) is 0.287. The van der Waals surface area contributed by atoms with Crippen LogP contribution in [0.3, 0.4) is 0 Å². The molecule has 0 saturated carbocycles. The largest absolute Gasteiger partial charge is 0.352 e. The summed E-state index contributed by atoms with van der Waals surface area (Å²) in [5.41, 5.74) is 0.868. The van der Waals surface area contributed by atoms with Crippen LogP contribution in [-0.4, -0.2) is 32.4 Å². The number of carbonyl (C=O) groups excluding carboxylic acids is 1. The first-order valence-corrected chi connectivity index (χ1v) is 7.94. The fourth-order valence-electron chi connectivity index (χ4n) is 2.17. The Hall–Kier alpha value is -2.74. The molecule has 0 fully saturated rings. The normalized spacial score (nSPS) is 10.7. The van der Waals surface area contributed by atoms with E-state index in [1.165, 1.54) is 21.8 Å². The van der Waals surface area contributed by atoms with Crippen LogP contribution in [0.15, 0.2) is 40.6 Å². The Morgan fingerprint density at radius 2 is 2.26 bits per heavy atom. The van der Waals surface area contributed by atoms with Crippen molar-refractivity contribution >= 4 is 17.2 Å². The van der Waals surface area contributed by atoms with Gasteiger partial charge in [0, 0.05) is 17.5 Å². The average Bonchev–Trinajstić information content (AvgIpc) is 3.18. The van der Waals surface area contributed by atoms with E-state index in [1.807, 2.05) is 17.5 Å². The van der Waals surface area contributed by atoms with Gasteiger partial charge in [0.2, 0.25) is 0 Å². The van der Waals surface area contributed by atoms with Crippen LogP contribution < -0.4 is 10.9 Å². The Bertz CT molecular complexity index is 846. The van der Waals surface area contributed by atoms with Crippen molar-refractivity contribution in [1.29, 1.82) is 0 Å². The Morgan fingerprint density at radius 1 is 1.39 bits per heavy atom. The molecule has 3 rings (SSSR count). The first-order valence-electron chi connectivity index (χ1n) is 7.06. The van der Waals surface area contributed by atoms with E-state index in [2.05, 4.69) is 20.6 Å². The van der Waals surface area contributed by atoms with E-state index in [-0.39, 0.29) is 11.5 Å². The maximum absolute atomic E-state index is 12.3. The van der Waals surface area contributed by atoms with Gasteiger partial charge in [-0.1, -0.05) is 6.07 Å². The first-order chi connectivity index (χ1) is 11.1. The van der Waals surface area contributed by atoms with Crippen LogP contribution in [0.5, 0.6) is 0 Å². The Morgan fingerprint density at radius 3 is 2.96 bits per heavy atom. The summed E-state index contributed by atoms with van der Waals surface area (Å²) >= 11 is 1.67. The third-order valence-corrected chi connectivity index (χ3v) is 4.31. The molecule has 0 aliphatic heterocycles. The molecule has 3 heterocycles. The van der Waals surface area contributed by atoms with Crippen LogP contribution in [0.4, 0.5) is 0 Å². The van der Waals surface area contributed by atoms with Crippen molar-refractivity contribution in [2.45, 2.75) is 13.3 Å². The zero-order valence-corrected chi connectivity index (χ0v) is 13.3. The van der Waals surface area contributed by atoms with E-state index in [4.69, 9.17) is 0 Å². The molecule has 0 saturated heterocycles. The fraction of sp³-hybridized carbons (Fsp3) is 0.200. The van der Waals surface area contributed by atoms with Crippen LogP contribution in [-0.2, 0) is 6.42 Å². The SMILES string of the molecule is Cc1c(C(=O)NCCc2cccs2)cnn1-c1ccc(=O)[nH]n1. The van der Waals surface area contributed by atoms with Crippen LogP contribution in [0.1, 0.15) is 20.9 Å². The second-order valence-corrected chi connectivity index (χ2v) is 5.95. The number of carbonyl (C=O) groups is 1. The molecule has 8 heteroatoms. The molecule has 0 aliphatic carbocycles. The quantitative estimate of drug-likeness (QED) is 0.738. The van der Waals surface area contributed by atoms with Crippen molar-refractivity contribution in [2.75, 3.05) is 6.54 Å². The molecule has 23 heavy (non-hydrogen) atoms. The van der Waals surface area contributed by atoms with E-state index in [9.17, 15) is 9.59 Å².